The maximum Gasteiger partial charge on any atom is 0.0590 e. The van der Waals surface area contributed by atoms with Crippen molar-refractivity contribution in [2.45, 2.75) is 19.3 Å². The molecule has 0 bridgehead atoms. The van der Waals surface area contributed by atoms with Gasteiger partial charge in [0.1, 0.15) is 0 Å². The molecule has 0 unspecified atom stereocenters. The second-order valence-corrected chi connectivity index (χ2v) is 12.1. The number of hydrogen-bond donors (Lipinski definition) is 1. The van der Waals surface area contributed by atoms with Crippen LogP contribution in [-0.2, 0) is 5.41 Å². The quantitative estimate of drug-likeness (QED) is 0.246. The maximum atomic E-state index is 3.76. The van der Waals surface area contributed by atoms with E-state index in [1.165, 1.54) is 64.3 Å². The van der Waals surface area contributed by atoms with Crippen LogP contribution in [0.5, 0.6) is 0 Å². The van der Waals surface area contributed by atoms with E-state index in [2.05, 4.69) is 140 Å². The van der Waals surface area contributed by atoms with Gasteiger partial charge in [-0.2, -0.15) is 0 Å². The molecule has 0 spiro atoms. The highest BCUT2D eigenvalue weighted by Gasteiger charge is 2.35. The van der Waals surface area contributed by atoms with Crippen LogP contribution in [0.25, 0.3) is 53.2 Å². The number of rotatable bonds is 3. The molecular formula is C37H27NS. The highest BCUT2D eigenvalue weighted by atomic mass is 32.1. The first-order valence-corrected chi connectivity index (χ1v) is 14.3. The summed E-state index contributed by atoms with van der Waals surface area (Å²) in [4.78, 5) is 0. The molecule has 0 aliphatic heterocycles. The summed E-state index contributed by atoms with van der Waals surface area (Å²) in [6.07, 6.45) is 0. The van der Waals surface area contributed by atoms with E-state index < -0.39 is 0 Å². The topological polar surface area (TPSA) is 12.0 Å². The number of anilines is 2. The van der Waals surface area contributed by atoms with Crippen LogP contribution in [0.3, 0.4) is 0 Å². The highest BCUT2D eigenvalue weighted by molar-refractivity contribution is 7.27. The Morgan fingerprint density at radius 1 is 0.538 bits per heavy atom. The van der Waals surface area contributed by atoms with Gasteiger partial charge < -0.3 is 5.32 Å². The molecule has 6 aromatic carbocycles. The average Bonchev–Trinajstić information content (AvgIpc) is 3.47. The number of hydrogen-bond acceptors (Lipinski definition) is 2. The van der Waals surface area contributed by atoms with Crippen molar-refractivity contribution in [2.24, 2.45) is 0 Å². The van der Waals surface area contributed by atoms with Crippen LogP contribution < -0.4 is 5.32 Å². The summed E-state index contributed by atoms with van der Waals surface area (Å²) in [5.41, 5.74) is 10.3. The van der Waals surface area contributed by atoms with Crippen LogP contribution in [0, 0.1) is 0 Å². The van der Waals surface area contributed by atoms with Crippen LogP contribution in [0.15, 0.2) is 121 Å². The van der Waals surface area contributed by atoms with Gasteiger partial charge in [0.2, 0.25) is 0 Å². The molecule has 0 radical (unpaired) electrons. The first-order chi connectivity index (χ1) is 19.1. The van der Waals surface area contributed by atoms with Crippen molar-refractivity contribution in [3.05, 3.63) is 132 Å². The van der Waals surface area contributed by atoms with E-state index in [1.54, 1.807) is 0 Å². The SMILES string of the molecule is CC1(C)c2ccccc2-c2ccc(-c3cccc(Nc4cccc5c4sc4c6ccccc6ccc54)c3)cc21. The van der Waals surface area contributed by atoms with E-state index in [9.17, 15) is 0 Å². The second-order valence-electron chi connectivity index (χ2n) is 11.1. The first kappa shape index (κ1) is 22.6. The smallest absolute Gasteiger partial charge is 0.0590 e. The minimum absolute atomic E-state index is 0.00120. The Kier molecular flexibility index (Phi) is 4.80. The molecule has 2 heteroatoms. The van der Waals surface area contributed by atoms with Crippen molar-refractivity contribution in [1.29, 1.82) is 0 Å². The lowest BCUT2D eigenvalue weighted by molar-refractivity contribution is 0.660. The molecule has 1 nitrogen and oxygen atoms in total. The second kappa shape index (κ2) is 8.30. The summed E-state index contributed by atoms with van der Waals surface area (Å²) in [6, 6.07) is 44.4. The largest absolute Gasteiger partial charge is 0.354 e. The zero-order valence-electron chi connectivity index (χ0n) is 22.0. The van der Waals surface area contributed by atoms with Crippen LogP contribution in [-0.4, -0.2) is 0 Å². The van der Waals surface area contributed by atoms with Gasteiger partial charge >= 0.3 is 0 Å². The summed E-state index contributed by atoms with van der Waals surface area (Å²) in [7, 11) is 0. The summed E-state index contributed by atoms with van der Waals surface area (Å²) >= 11 is 1.88. The lowest BCUT2D eigenvalue weighted by Gasteiger charge is -2.22. The Balaban J connectivity index is 1.19. The fourth-order valence-corrected chi connectivity index (χ4v) is 7.75. The van der Waals surface area contributed by atoms with Crippen LogP contribution in [0.4, 0.5) is 11.4 Å². The summed E-state index contributed by atoms with van der Waals surface area (Å²) in [6.45, 7) is 4.68. The van der Waals surface area contributed by atoms with E-state index in [1.807, 2.05) is 11.3 Å². The average molecular weight is 518 g/mol. The molecular weight excluding hydrogens is 490 g/mol. The molecule has 0 fully saturated rings. The molecule has 1 aliphatic rings. The Morgan fingerprint density at radius 2 is 1.28 bits per heavy atom. The van der Waals surface area contributed by atoms with Crippen LogP contribution in [0.2, 0.25) is 0 Å². The lowest BCUT2D eigenvalue weighted by atomic mass is 9.81. The Bertz CT molecular complexity index is 2080. The van der Waals surface area contributed by atoms with E-state index in [4.69, 9.17) is 0 Å². The Labute approximate surface area is 232 Å². The molecule has 39 heavy (non-hydrogen) atoms. The monoisotopic (exact) mass is 517 g/mol. The van der Waals surface area contributed by atoms with Gasteiger partial charge in [-0.05, 0) is 68.4 Å². The highest BCUT2D eigenvalue weighted by Crippen LogP contribution is 2.49. The van der Waals surface area contributed by atoms with Gasteiger partial charge in [-0.3, -0.25) is 0 Å². The number of fused-ring (bicyclic) bond motifs is 8. The minimum Gasteiger partial charge on any atom is -0.354 e. The van der Waals surface area contributed by atoms with E-state index >= 15 is 0 Å². The summed E-state index contributed by atoms with van der Waals surface area (Å²) in [5.74, 6) is 0. The molecule has 0 amide bonds. The van der Waals surface area contributed by atoms with Gasteiger partial charge in [0.15, 0.2) is 0 Å². The molecule has 186 valence electrons. The normalized spacial score (nSPS) is 13.6. The van der Waals surface area contributed by atoms with E-state index in [-0.39, 0.29) is 5.41 Å². The van der Waals surface area contributed by atoms with Crippen molar-refractivity contribution >= 4 is 53.7 Å². The van der Waals surface area contributed by atoms with Crippen molar-refractivity contribution < 1.29 is 0 Å². The Morgan fingerprint density at radius 3 is 2.23 bits per heavy atom. The predicted molar refractivity (Wildman–Crippen MR) is 170 cm³/mol. The lowest BCUT2D eigenvalue weighted by Crippen LogP contribution is -2.14. The van der Waals surface area contributed by atoms with Gasteiger partial charge in [-0.25, -0.2) is 0 Å². The Hall–Kier alpha value is -4.40. The zero-order valence-corrected chi connectivity index (χ0v) is 22.8. The van der Waals surface area contributed by atoms with Crippen molar-refractivity contribution in [3.8, 4) is 22.3 Å². The summed E-state index contributed by atoms with van der Waals surface area (Å²) < 4.78 is 2.65. The molecule has 1 aliphatic carbocycles. The minimum atomic E-state index is -0.00120. The maximum absolute atomic E-state index is 3.76. The van der Waals surface area contributed by atoms with Crippen LogP contribution in [0.1, 0.15) is 25.0 Å². The third-order valence-corrected chi connectivity index (χ3v) is 9.74. The van der Waals surface area contributed by atoms with Gasteiger partial charge in [0.05, 0.1) is 10.4 Å². The van der Waals surface area contributed by atoms with Gasteiger partial charge in [0, 0.05) is 26.6 Å². The molecule has 1 N–H and O–H groups in total. The van der Waals surface area contributed by atoms with E-state index in [0.29, 0.717) is 0 Å². The van der Waals surface area contributed by atoms with Crippen molar-refractivity contribution in [2.75, 3.05) is 5.32 Å². The molecule has 1 aromatic heterocycles. The van der Waals surface area contributed by atoms with Crippen molar-refractivity contribution in [3.63, 3.8) is 0 Å². The standard InChI is InChI=1S/C37H27NS/c1-37(2)32-15-6-5-13-28(32)29-19-18-25(22-33(29)37)24-10-7-11-26(21-24)38-34-16-8-14-30-31-20-17-23-9-3-4-12-27(23)35(31)39-36(30)34/h3-22,38H,1-2H3. The van der Waals surface area contributed by atoms with Crippen LogP contribution >= 0.6 is 11.3 Å². The molecule has 0 atom stereocenters. The molecule has 7 aromatic rings. The number of nitrogens with one attached hydrogen (secondary N) is 1. The van der Waals surface area contributed by atoms with Gasteiger partial charge in [-0.1, -0.05) is 111 Å². The molecule has 8 rings (SSSR count). The van der Waals surface area contributed by atoms with Gasteiger partial charge in [0.25, 0.3) is 0 Å². The predicted octanol–water partition coefficient (Wildman–Crippen LogP) is 10.9. The fraction of sp³-hybridized carbons (Fsp3) is 0.0811. The van der Waals surface area contributed by atoms with Gasteiger partial charge in [-0.15, -0.1) is 11.3 Å². The number of thiophene rings is 1. The third kappa shape index (κ3) is 3.38. The fourth-order valence-electron chi connectivity index (χ4n) is 6.44. The zero-order chi connectivity index (χ0) is 26.1. The van der Waals surface area contributed by atoms with Crippen molar-refractivity contribution in [1.82, 2.24) is 0 Å². The number of benzene rings is 6. The van der Waals surface area contributed by atoms with E-state index in [0.717, 1.165) is 11.4 Å². The summed E-state index contributed by atoms with van der Waals surface area (Å²) in [5, 5.41) is 9.01. The molecule has 0 saturated carbocycles. The third-order valence-electron chi connectivity index (χ3n) is 8.45. The molecule has 1 heterocycles. The first-order valence-electron chi connectivity index (χ1n) is 13.5. The molecule has 0 saturated heterocycles.